The number of aromatic nitrogens is 3. The summed E-state index contributed by atoms with van der Waals surface area (Å²) in [4.78, 5) is 40.5. The molecule has 1 saturated heterocycles. The van der Waals surface area contributed by atoms with Crippen LogP contribution in [0.1, 0.15) is 44.4 Å². The molecule has 2 unspecified atom stereocenters. The summed E-state index contributed by atoms with van der Waals surface area (Å²) in [6.45, 7) is 12.4. The van der Waals surface area contributed by atoms with E-state index in [1.807, 2.05) is 38.7 Å². The molecule has 2 atom stereocenters. The van der Waals surface area contributed by atoms with Crippen LogP contribution in [0.4, 0.5) is 10.1 Å². The van der Waals surface area contributed by atoms with Crippen molar-refractivity contribution in [2.75, 3.05) is 24.6 Å². The first kappa shape index (κ1) is 29.6. The molecule has 1 amide bonds. The molecule has 0 saturated carbocycles. The van der Waals surface area contributed by atoms with Crippen LogP contribution in [0.2, 0.25) is 5.02 Å². The topological polar surface area (TPSA) is 101 Å². The van der Waals surface area contributed by atoms with Gasteiger partial charge in [-0.15, -0.1) is 0 Å². The number of anilines is 1. The Balaban J connectivity index is 1.72. The van der Waals surface area contributed by atoms with Crippen LogP contribution >= 0.6 is 11.6 Å². The Morgan fingerprint density at radius 2 is 2.02 bits per heavy atom. The minimum Gasteiger partial charge on any atom is -0.507 e. The number of carbonyl (C=O) groups excluding carboxylic acids is 1. The van der Waals surface area contributed by atoms with E-state index in [9.17, 15) is 14.7 Å². The van der Waals surface area contributed by atoms with Crippen LogP contribution in [0.5, 0.6) is 11.5 Å². The third kappa shape index (κ3) is 4.68. The highest BCUT2D eigenvalue weighted by Gasteiger charge is 2.39. The molecule has 1 fully saturated rings. The van der Waals surface area contributed by atoms with Crippen molar-refractivity contribution in [2.24, 2.45) is 0 Å². The number of fused-ring (bicyclic) bond motifs is 5. The van der Waals surface area contributed by atoms with Crippen LogP contribution in [0, 0.1) is 12.7 Å². The van der Waals surface area contributed by atoms with Crippen molar-refractivity contribution in [3.8, 4) is 28.4 Å². The number of phenolic OH excluding ortho intramolecular Hbond substituents is 1. The van der Waals surface area contributed by atoms with Gasteiger partial charge in [-0.3, -0.25) is 19.1 Å². The molecular formula is C33H33ClFN5O4. The summed E-state index contributed by atoms with van der Waals surface area (Å²) < 4.78 is 23.9. The van der Waals surface area contributed by atoms with Crippen molar-refractivity contribution in [3.63, 3.8) is 0 Å². The zero-order chi connectivity index (χ0) is 31.4. The summed E-state index contributed by atoms with van der Waals surface area (Å²) in [7, 11) is 0. The Kier molecular flexibility index (Phi) is 7.57. The minimum atomic E-state index is -0.727. The van der Waals surface area contributed by atoms with Crippen molar-refractivity contribution >= 4 is 34.2 Å². The Hall–Kier alpha value is -4.44. The second-order valence-electron chi connectivity index (χ2n) is 11.6. The molecule has 1 aromatic carbocycles. The van der Waals surface area contributed by atoms with Gasteiger partial charge < -0.3 is 19.6 Å². The van der Waals surface area contributed by atoms with Crippen LogP contribution < -0.4 is 15.2 Å². The van der Waals surface area contributed by atoms with E-state index < -0.39 is 11.4 Å². The molecule has 9 nitrogen and oxygen atoms in total. The first-order valence-corrected chi connectivity index (χ1v) is 15.0. The number of phenols is 1. The third-order valence-corrected chi connectivity index (χ3v) is 8.79. The first-order chi connectivity index (χ1) is 21.0. The summed E-state index contributed by atoms with van der Waals surface area (Å²) >= 11 is 6.45. The summed E-state index contributed by atoms with van der Waals surface area (Å²) in [6, 6.07) is 7.22. The molecule has 11 heteroatoms. The van der Waals surface area contributed by atoms with Gasteiger partial charge >= 0.3 is 5.56 Å². The predicted octanol–water partition coefficient (Wildman–Crippen LogP) is 5.75. The van der Waals surface area contributed by atoms with E-state index in [0.29, 0.717) is 42.0 Å². The number of benzene rings is 1. The average Bonchev–Trinajstić information content (AvgIpc) is 3.17. The SMILES string of the molecule is C=CC(=O)N1CC2CCOc3c(c4cc(F)c(-c5c(O)cccc5Cl)nc4n(-c4c(C)ccnc4C(C)C)c3=O)N2CC1C. The molecule has 4 aromatic rings. The van der Waals surface area contributed by atoms with E-state index in [4.69, 9.17) is 21.3 Å². The van der Waals surface area contributed by atoms with E-state index in [0.717, 1.165) is 5.56 Å². The molecule has 3 aromatic heterocycles. The minimum absolute atomic E-state index is 0.0220. The standard InChI is InChI=1S/C33H33ClFN5O4/c1-6-25(42)38-16-20-11-13-44-31-30(39(20)15-19(38)5)21-14-23(35)28(26-22(34)8-7-9-24(26)41)37-32(21)40(33(31)43)29-18(4)10-12-36-27(29)17(2)3/h6-10,12,14,17,19-20,41H,1,11,13,15-16H2,2-5H3. The number of nitrogens with zero attached hydrogens (tertiary/aromatic N) is 5. The predicted molar refractivity (Wildman–Crippen MR) is 169 cm³/mol. The van der Waals surface area contributed by atoms with Gasteiger partial charge in [0.15, 0.2) is 11.5 Å². The van der Waals surface area contributed by atoms with Gasteiger partial charge in [0.1, 0.15) is 11.4 Å². The summed E-state index contributed by atoms with van der Waals surface area (Å²) in [6.07, 6.45) is 3.53. The molecule has 2 aliphatic rings. The van der Waals surface area contributed by atoms with Crippen molar-refractivity contribution < 1.29 is 19.0 Å². The van der Waals surface area contributed by atoms with Crippen LogP contribution in [0.3, 0.4) is 0 Å². The van der Waals surface area contributed by atoms with E-state index in [1.165, 1.54) is 28.8 Å². The van der Waals surface area contributed by atoms with Gasteiger partial charge in [-0.1, -0.05) is 38.1 Å². The van der Waals surface area contributed by atoms with Crippen molar-refractivity contribution in [1.82, 2.24) is 19.4 Å². The highest BCUT2D eigenvalue weighted by Crippen LogP contribution is 2.43. The summed E-state index contributed by atoms with van der Waals surface area (Å²) in [5, 5.41) is 11.2. The molecular weight excluding hydrogens is 585 g/mol. The fraction of sp³-hybridized carbons (Fsp3) is 0.333. The first-order valence-electron chi connectivity index (χ1n) is 14.6. The molecule has 44 heavy (non-hydrogen) atoms. The zero-order valence-corrected chi connectivity index (χ0v) is 25.7. The lowest BCUT2D eigenvalue weighted by Gasteiger charge is -2.45. The lowest BCUT2D eigenvalue weighted by atomic mass is 10.0. The zero-order valence-electron chi connectivity index (χ0n) is 25.0. The number of piperazine rings is 1. The van der Waals surface area contributed by atoms with Gasteiger partial charge in [0.05, 0.1) is 40.3 Å². The lowest BCUT2D eigenvalue weighted by molar-refractivity contribution is -0.128. The third-order valence-electron chi connectivity index (χ3n) is 8.47. The molecule has 2 aliphatic heterocycles. The second-order valence-corrected chi connectivity index (χ2v) is 12.1. The molecule has 6 rings (SSSR count). The van der Waals surface area contributed by atoms with Crippen LogP contribution in [0.25, 0.3) is 28.0 Å². The number of carbonyl (C=O) groups is 1. The fourth-order valence-corrected chi connectivity index (χ4v) is 6.61. The van der Waals surface area contributed by atoms with E-state index in [-0.39, 0.29) is 63.9 Å². The van der Waals surface area contributed by atoms with Gasteiger partial charge in [0.2, 0.25) is 11.7 Å². The average molecular weight is 618 g/mol. The number of rotatable bonds is 4. The van der Waals surface area contributed by atoms with Crippen LogP contribution in [-0.4, -0.2) is 62.2 Å². The molecule has 5 heterocycles. The highest BCUT2D eigenvalue weighted by molar-refractivity contribution is 6.33. The van der Waals surface area contributed by atoms with Gasteiger partial charge in [0.25, 0.3) is 0 Å². The van der Waals surface area contributed by atoms with E-state index >= 15 is 4.39 Å². The maximum Gasteiger partial charge on any atom is 0.301 e. The number of pyridine rings is 3. The van der Waals surface area contributed by atoms with Crippen molar-refractivity contribution in [1.29, 1.82) is 0 Å². The molecule has 228 valence electrons. The smallest absolute Gasteiger partial charge is 0.301 e. The van der Waals surface area contributed by atoms with Gasteiger partial charge in [-0.2, -0.15) is 0 Å². The quantitative estimate of drug-likeness (QED) is 0.291. The molecule has 1 N–H and O–H groups in total. The van der Waals surface area contributed by atoms with Gasteiger partial charge in [-0.25, -0.2) is 9.37 Å². The van der Waals surface area contributed by atoms with Gasteiger partial charge in [0, 0.05) is 37.1 Å². The van der Waals surface area contributed by atoms with Crippen molar-refractivity contribution in [3.05, 3.63) is 81.6 Å². The van der Waals surface area contributed by atoms with E-state index in [1.54, 1.807) is 17.2 Å². The largest absolute Gasteiger partial charge is 0.507 e. The summed E-state index contributed by atoms with van der Waals surface area (Å²) in [5.41, 5.74) is 1.94. The highest BCUT2D eigenvalue weighted by atomic mass is 35.5. The number of ether oxygens (including phenoxy) is 1. The van der Waals surface area contributed by atoms with Crippen LogP contribution in [0.15, 0.2) is 54.0 Å². The second kappa shape index (κ2) is 11.2. The maximum absolute atomic E-state index is 16.2. The van der Waals surface area contributed by atoms with Gasteiger partial charge in [-0.05, 0) is 55.7 Å². The Morgan fingerprint density at radius 3 is 2.73 bits per heavy atom. The number of aromatic hydroxyl groups is 1. The Bertz CT molecular complexity index is 1870. The Morgan fingerprint density at radius 1 is 1.25 bits per heavy atom. The van der Waals surface area contributed by atoms with E-state index in [2.05, 4.69) is 11.6 Å². The number of aryl methyl sites for hydroxylation is 1. The molecule has 0 spiro atoms. The summed E-state index contributed by atoms with van der Waals surface area (Å²) in [5.74, 6) is -1.11. The maximum atomic E-state index is 16.2. The number of hydrogen-bond donors (Lipinski definition) is 1. The normalized spacial score (nSPS) is 18.1. The Labute approximate surface area is 259 Å². The van der Waals surface area contributed by atoms with Crippen LogP contribution in [-0.2, 0) is 4.79 Å². The number of hydrogen-bond acceptors (Lipinski definition) is 7. The number of halogens is 2. The lowest BCUT2D eigenvalue weighted by Crippen LogP contribution is -2.59. The fourth-order valence-electron chi connectivity index (χ4n) is 6.36. The number of amides is 1. The van der Waals surface area contributed by atoms with Crippen molar-refractivity contribution in [2.45, 2.75) is 52.1 Å². The molecule has 0 aliphatic carbocycles. The monoisotopic (exact) mass is 617 g/mol. The molecule has 0 radical (unpaired) electrons. The molecule has 0 bridgehead atoms.